The fourth-order valence-electron chi connectivity index (χ4n) is 3.11. The van der Waals surface area contributed by atoms with Crippen LogP contribution in [0.1, 0.15) is 43.8 Å². The average molecular weight is 304 g/mol. The number of thioether (sulfide) groups is 1. The zero-order valence-corrected chi connectivity index (χ0v) is 13.5. The van der Waals surface area contributed by atoms with Crippen LogP contribution in [0.2, 0.25) is 0 Å². The average Bonchev–Trinajstić information content (AvgIpc) is 3.25. The minimum absolute atomic E-state index is 0.0711. The molecule has 1 aliphatic heterocycles. The van der Waals surface area contributed by atoms with Crippen molar-refractivity contribution in [2.45, 2.75) is 43.8 Å². The number of carbonyl (C=O) groups is 1. The van der Waals surface area contributed by atoms with Crippen LogP contribution in [0, 0.1) is 0 Å². The van der Waals surface area contributed by atoms with Gasteiger partial charge in [-0.3, -0.25) is 10.1 Å². The molecule has 1 N–H and O–H groups in total. The Balaban J connectivity index is 1.65. The quantitative estimate of drug-likeness (QED) is 0.785. The summed E-state index contributed by atoms with van der Waals surface area (Å²) in [5.74, 6) is 1.54. The SMILES string of the molecule is CSCCCCCN1C(=O)C2(CC2)NC1c1ccccc1. The highest BCUT2D eigenvalue weighted by molar-refractivity contribution is 7.98. The minimum Gasteiger partial charge on any atom is -0.321 e. The zero-order chi connectivity index (χ0) is 14.7. The Labute approximate surface area is 131 Å². The van der Waals surface area contributed by atoms with E-state index in [2.05, 4.69) is 40.7 Å². The van der Waals surface area contributed by atoms with Crippen molar-refractivity contribution >= 4 is 17.7 Å². The molecule has 3 nitrogen and oxygen atoms in total. The Morgan fingerprint density at radius 1 is 1.24 bits per heavy atom. The highest BCUT2D eigenvalue weighted by Crippen LogP contribution is 2.45. The maximum absolute atomic E-state index is 12.7. The molecule has 21 heavy (non-hydrogen) atoms. The van der Waals surface area contributed by atoms with Gasteiger partial charge in [0.2, 0.25) is 5.91 Å². The van der Waals surface area contributed by atoms with Crippen molar-refractivity contribution in [3.63, 3.8) is 0 Å². The molecule has 1 spiro atoms. The predicted octanol–water partition coefficient (Wildman–Crippen LogP) is 3.18. The Morgan fingerprint density at radius 3 is 2.67 bits per heavy atom. The lowest BCUT2D eigenvalue weighted by Crippen LogP contribution is -2.33. The van der Waals surface area contributed by atoms with Gasteiger partial charge in [0.15, 0.2) is 0 Å². The summed E-state index contributed by atoms with van der Waals surface area (Å²) in [6.07, 6.45) is 7.78. The van der Waals surface area contributed by atoms with E-state index in [1.165, 1.54) is 24.2 Å². The first-order valence-electron chi connectivity index (χ1n) is 7.89. The molecule has 1 aliphatic carbocycles. The van der Waals surface area contributed by atoms with E-state index in [1.54, 1.807) is 0 Å². The zero-order valence-electron chi connectivity index (χ0n) is 12.7. The van der Waals surface area contributed by atoms with Crippen LogP contribution in [0.3, 0.4) is 0 Å². The van der Waals surface area contributed by atoms with Crippen LogP contribution in [0.4, 0.5) is 0 Å². The van der Waals surface area contributed by atoms with Crippen molar-refractivity contribution in [2.75, 3.05) is 18.6 Å². The number of amides is 1. The van der Waals surface area contributed by atoms with Crippen LogP contribution >= 0.6 is 11.8 Å². The van der Waals surface area contributed by atoms with Gasteiger partial charge in [-0.2, -0.15) is 11.8 Å². The molecule has 1 amide bonds. The van der Waals surface area contributed by atoms with E-state index in [-0.39, 0.29) is 11.7 Å². The lowest BCUT2D eigenvalue weighted by atomic mass is 10.1. The molecule has 3 rings (SSSR count). The van der Waals surface area contributed by atoms with Crippen LogP contribution < -0.4 is 5.32 Å². The second-order valence-electron chi connectivity index (χ2n) is 6.09. The lowest BCUT2D eigenvalue weighted by Gasteiger charge is -2.24. The molecule has 1 aromatic rings. The van der Waals surface area contributed by atoms with Gasteiger partial charge >= 0.3 is 0 Å². The second kappa shape index (κ2) is 6.41. The maximum Gasteiger partial charge on any atom is 0.244 e. The minimum atomic E-state index is -0.222. The maximum atomic E-state index is 12.7. The van der Waals surface area contributed by atoms with E-state index >= 15 is 0 Å². The molecule has 2 aliphatic rings. The van der Waals surface area contributed by atoms with E-state index in [9.17, 15) is 4.79 Å². The first kappa shape index (κ1) is 14.9. The third-order valence-electron chi connectivity index (χ3n) is 4.51. The molecule has 2 fully saturated rings. The van der Waals surface area contributed by atoms with Crippen LogP contribution in [-0.2, 0) is 4.79 Å². The molecule has 0 aromatic heterocycles. The van der Waals surface area contributed by atoms with E-state index in [0.29, 0.717) is 5.91 Å². The number of hydrogen-bond donors (Lipinski definition) is 1. The smallest absolute Gasteiger partial charge is 0.244 e. The van der Waals surface area contributed by atoms with Gasteiger partial charge in [0.25, 0.3) is 0 Å². The molecule has 1 aromatic carbocycles. The van der Waals surface area contributed by atoms with Crippen molar-refractivity contribution < 1.29 is 4.79 Å². The molecular formula is C17H24N2OS. The van der Waals surface area contributed by atoms with Crippen molar-refractivity contribution in [1.29, 1.82) is 0 Å². The first-order valence-corrected chi connectivity index (χ1v) is 9.29. The third-order valence-corrected chi connectivity index (χ3v) is 5.20. The topological polar surface area (TPSA) is 32.3 Å². The molecule has 1 atom stereocenters. The first-order chi connectivity index (χ1) is 10.3. The number of rotatable bonds is 7. The summed E-state index contributed by atoms with van der Waals surface area (Å²) in [5, 5.41) is 3.58. The van der Waals surface area contributed by atoms with Gasteiger partial charge in [-0.15, -0.1) is 0 Å². The molecule has 1 unspecified atom stereocenters. The lowest BCUT2D eigenvalue weighted by molar-refractivity contribution is -0.130. The molecule has 0 radical (unpaired) electrons. The van der Waals surface area contributed by atoms with Gasteiger partial charge < -0.3 is 4.90 Å². The number of hydrogen-bond acceptors (Lipinski definition) is 3. The second-order valence-corrected chi connectivity index (χ2v) is 7.08. The van der Waals surface area contributed by atoms with E-state index in [4.69, 9.17) is 0 Å². The monoisotopic (exact) mass is 304 g/mol. The standard InChI is InChI=1S/C17H24N2OS/c1-21-13-7-3-6-12-19-15(14-8-4-2-5-9-14)18-17(10-11-17)16(19)20/h2,4-5,8-9,15,18H,3,6-7,10-13H2,1H3. The Morgan fingerprint density at radius 2 is 2.00 bits per heavy atom. The third kappa shape index (κ3) is 3.11. The summed E-state index contributed by atoms with van der Waals surface area (Å²) in [6.45, 7) is 0.877. The van der Waals surface area contributed by atoms with Gasteiger partial charge in [-0.1, -0.05) is 36.8 Å². The number of carbonyl (C=O) groups excluding carboxylic acids is 1. The van der Waals surface area contributed by atoms with Crippen LogP contribution in [0.5, 0.6) is 0 Å². The van der Waals surface area contributed by atoms with Crippen molar-refractivity contribution in [2.24, 2.45) is 0 Å². The van der Waals surface area contributed by atoms with Crippen molar-refractivity contribution in [1.82, 2.24) is 10.2 Å². The summed E-state index contributed by atoms with van der Waals surface area (Å²) in [4.78, 5) is 14.7. The summed E-state index contributed by atoms with van der Waals surface area (Å²) >= 11 is 1.90. The number of unbranched alkanes of at least 4 members (excludes halogenated alkanes) is 2. The molecule has 4 heteroatoms. The highest BCUT2D eigenvalue weighted by atomic mass is 32.2. The van der Waals surface area contributed by atoms with Crippen LogP contribution in [-0.4, -0.2) is 34.9 Å². The van der Waals surface area contributed by atoms with Crippen molar-refractivity contribution in [3.05, 3.63) is 35.9 Å². The summed E-state index contributed by atoms with van der Waals surface area (Å²) in [6, 6.07) is 10.4. The fraction of sp³-hybridized carbons (Fsp3) is 0.588. The molecule has 1 saturated carbocycles. The van der Waals surface area contributed by atoms with Crippen molar-refractivity contribution in [3.8, 4) is 0 Å². The summed E-state index contributed by atoms with van der Waals surface area (Å²) in [7, 11) is 0. The van der Waals surface area contributed by atoms with Gasteiger partial charge in [0.1, 0.15) is 11.7 Å². The van der Waals surface area contributed by atoms with Crippen LogP contribution in [0.25, 0.3) is 0 Å². The van der Waals surface area contributed by atoms with E-state index < -0.39 is 0 Å². The van der Waals surface area contributed by atoms with E-state index in [0.717, 1.165) is 25.8 Å². The van der Waals surface area contributed by atoms with Gasteiger partial charge in [0, 0.05) is 6.54 Å². The Bertz CT molecular complexity index is 487. The molecule has 0 bridgehead atoms. The van der Waals surface area contributed by atoms with E-state index in [1.807, 2.05) is 17.8 Å². The fourth-order valence-corrected chi connectivity index (χ4v) is 3.60. The number of nitrogens with zero attached hydrogens (tertiary/aromatic N) is 1. The largest absolute Gasteiger partial charge is 0.321 e. The van der Waals surface area contributed by atoms with Gasteiger partial charge in [-0.05, 0) is 43.3 Å². The summed E-state index contributed by atoms with van der Waals surface area (Å²) in [5.41, 5.74) is 0.985. The summed E-state index contributed by atoms with van der Waals surface area (Å²) < 4.78 is 0. The van der Waals surface area contributed by atoms with Gasteiger partial charge in [-0.25, -0.2) is 0 Å². The van der Waals surface area contributed by atoms with Crippen LogP contribution in [0.15, 0.2) is 30.3 Å². The number of nitrogens with one attached hydrogen (secondary N) is 1. The number of benzene rings is 1. The molecular weight excluding hydrogens is 280 g/mol. The molecule has 1 saturated heterocycles. The Hall–Kier alpha value is -1.00. The highest BCUT2D eigenvalue weighted by Gasteiger charge is 2.59. The Kier molecular flexibility index (Phi) is 4.55. The predicted molar refractivity (Wildman–Crippen MR) is 88.2 cm³/mol. The normalized spacial score (nSPS) is 23.0. The molecule has 114 valence electrons. The van der Waals surface area contributed by atoms with Gasteiger partial charge in [0.05, 0.1) is 0 Å². The molecule has 1 heterocycles.